The fraction of sp³-hybridized carbons (Fsp3) is 0.941. The standard InChI is InChI=1S/C17H36N2O2/c1-6-12-18-16(17(20)21-10-5)11-13-19(9-4)14-15(7-2)8-3/h15-16,18H,6-14H2,1-5H3. The molecule has 4 heteroatoms. The molecule has 1 N–H and O–H groups in total. The zero-order chi connectivity index (χ0) is 16.1. The van der Waals surface area contributed by atoms with E-state index in [-0.39, 0.29) is 12.0 Å². The van der Waals surface area contributed by atoms with Crippen LogP contribution in [0, 0.1) is 5.92 Å². The van der Waals surface area contributed by atoms with Crippen LogP contribution in [0.4, 0.5) is 0 Å². The van der Waals surface area contributed by atoms with Crippen LogP contribution in [-0.2, 0) is 9.53 Å². The van der Waals surface area contributed by atoms with E-state index in [1.54, 1.807) is 0 Å². The number of carbonyl (C=O) groups is 1. The first-order valence-corrected chi connectivity index (χ1v) is 8.75. The number of rotatable bonds is 13. The Morgan fingerprint density at radius 3 is 2.29 bits per heavy atom. The lowest BCUT2D eigenvalue weighted by molar-refractivity contribution is -0.145. The topological polar surface area (TPSA) is 41.6 Å². The van der Waals surface area contributed by atoms with Crippen LogP contribution in [0.1, 0.15) is 60.3 Å². The van der Waals surface area contributed by atoms with E-state index in [1.165, 1.54) is 12.8 Å². The molecule has 1 atom stereocenters. The lowest BCUT2D eigenvalue weighted by Gasteiger charge is -2.27. The molecule has 0 aliphatic rings. The number of hydrogen-bond donors (Lipinski definition) is 1. The Morgan fingerprint density at radius 1 is 1.14 bits per heavy atom. The van der Waals surface area contributed by atoms with Crippen LogP contribution in [0.5, 0.6) is 0 Å². The van der Waals surface area contributed by atoms with Crippen molar-refractivity contribution in [1.29, 1.82) is 0 Å². The van der Waals surface area contributed by atoms with Gasteiger partial charge in [-0.1, -0.05) is 40.5 Å². The van der Waals surface area contributed by atoms with Crippen LogP contribution < -0.4 is 5.32 Å². The van der Waals surface area contributed by atoms with Crippen molar-refractivity contribution in [1.82, 2.24) is 10.2 Å². The fourth-order valence-electron chi connectivity index (χ4n) is 2.47. The van der Waals surface area contributed by atoms with Crippen molar-refractivity contribution in [3.05, 3.63) is 0 Å². The Kier molecular flexibility index (Phi) is 12.7. The molecule has 0 fully saturated rings. The summed E-state index contributed by atoms with van der Waals surface area (Å²) >= 11 is 0. The van der Waals surface area contributed by atoms with Crippen molar-refractivity contribution in [3.63, 3.8) is 0 Å². The highest BCUT2D eigenvalue weighted by molar-refractivity contribution is 5.75. The molecule has 1 unspecified atom stereocenters. The number of esters is 1. The lowest BCUT2D eigenvalue weighted by Crippen LogP contribution is -2.42. The molecule has 0 rings (SSSR count). The lowest BCUT2D eigenvalue weighted by atomic mass is 10.0. The van der Waals surface area contributed by atoms with Crippen molar-refractivity contribution in [3.8, 4) is 0 Å². The first-order valence-electron chi connectivity index (χ1n) is 8.75. The molecule has 0 saturated heterocycles. The van der Waals surface area contributed by atoms with Crippen LogP contribution >= 0.6 is 0 Å². The third-order valence-electron chi connectivity index (χ3n) is 4.06. The van der Waals surface area contributed by atoms with Gasteiger partial charge in [-0.05, 0) is 38.8 Å². The molecule has 0 aromatic heterocycles. The molecule has 0 radical (unpaired) electrons. The normalized spacial score (nSPS) is 12.9. The fourth-order valence-corrected chi connectivity index (χ4v) is 2.47. The molecule has 0 bridgehead atoms. The van der Waals surface area contributed by atoms with E-state index in [9.17, 15) is 4.79 Å². The van der Waals surface area contributed by atoms with E-state index >= 15 is 0 Å². The summed E-state index contributed by atoms with van der Waals surface area (Å²) in [6.07, 6.45) is 4.30. The molecule has 0 heterocycles. The molecule has 4 nitrogen and oxygen atoms in total. The number of ether oxygens (including phenoxy) is 1. The molecule has 0 saturated carbocycles. The third-order valence-corrected chi connectivity index (χ3v) is 4.06. The molecule has 0 aliphatic heterocycles. The van der Waals surface area contributed by atoms with Crippen molar-refractivity contribution >= 4 is 5.97 Å². The number of hydrogen-bond acceptors (Lipinski definition) is 4. The predicted molar refractivity (Wildman–Crippen MR) is 89.5 cm³/mol. The Morgan fingerprint density at radius 2 is 1.81 bits per heavy atom. The largest absolute Gasteiger partial charge is 0.465 e. The van der Waals surface area contributed by atoms with Crippen LogP contribution in [0.25, 0.3) is 0 Å². The van der Waals surface area contributed by atoms with Crippen LogP contribution in [0.2, 0.25) is 0 Å². The zero-order valence-electron chi connectivity index (χ0n) is 14.8. The highest BCUT2D eigenvalue weighted by Gasteiger charge is 2.20. The summed E-state index contributed by atoms with van der Waals surface area (Å²) in [5, 5.41) is 3.31. The van der Waals surface area contributed by atoms with E-state index in [0.29, 0.717) is 6.61 Å². The molecule has 0 spiro atoms. The Bertz CT molecular complexity index is 255. The van der Waals surface area contributed by atoms with E-state index < -0.39 is 0 Å². The van der Waals surface area contributed by atoms with Crippen LogP contribution in [0.3, 0.4) is 0 Å². The predicted octanol–water partition coefficient (Wildman–Crippen LogP) is 3.07. The SMILES string of the molecule is CCCNC(CCN(CC)CC(CC)CC)C(=O)OCC. The smallest absolute Gasteiger partial charge is 0.323 e. The van der Waals surface area contributed by atoms with Gasteiger partial charge in [-0.3, -0.25) is 4.79 Å². The molecular formula is C17H36N2O2. The summed E-state index contributed by atoms with van der Waals surface area (Å²) in [7, 11) is 0. The van der Waals surface area contributed by atoms with Gasteiger partial charge in [-0.2, -0.15) is 0 Å². The van der Waals surface area contributed by atoms with E-state index in [1.807, 2.05) is 6.92 Å². The Hall–Kier alpha value is -0.610. The summed E-state index contributed by atoms with van der Waals surface area (Å²) in [6.45, 7) is 15.1. The molecule has 21 heavy (non-hydrogen) atoms. The third kappa shape index (κ3) is 9.10. The quantitative estimate of drug-likeness (QED) is 0.531. The van der Waals surface area contributed by atoms with Crippen molar-refractivity contribution in [2.75, 3.05) is 32.8 Å². The maximum absolute atomic E-state index is 12.0. The van der Waals surface area contributed by atoms with Gasteiger partial charge in [0, 0.05) is 13.1 Å². The molecule has 0 amide bonds. The molecule has 0 aromatic rings. The Labute approximate surface area is 131 Å². The summed E-state index contributed by atoms with van der Waals surface area (Å²) in [4.78, 5) is 14.4. The van der Waals surface area contributed by atoms with Crippen molar-refractivity contribution in [2.24, 2.45) is 5.92 Å². The first kappa shape index (κ1) is 20.4. The molecule has 126 valence electrons. The number of carbonyl (C=O) groups excluding carboxylic acids is 1. The molecule has 0 aliphatic carbocycles. The molecule has 0 aromatic carbocycles. The van der Waals surface area contributed by atoms with Crippen molar-refractivity contribution < 1.29 is 9.53 Å². The summed E-state index contributed by atoms with van der Waals surface area (Å²) in [5.74, 6) is 0.652. The summed E-state index contributed by atoms with van der Waals surface area (Å²) in [5.41, 5.74) is 0. The van der Waals surface area contributed by atoms with Crippen molar-refractivity contribution in [2.45, 2.75) is 66.3 Å². The minimum Gasteiger partial charge on any atom is -0.465 e. The van der Waals surface area contributed by atoms with Gasteiger partial charge in [-0.15, -0.1) is 0 Å². The van der Waals surface area contributed by atoms with Crippen LogP contribution in [-0.4, -0.2) is 49.7 Å². The summed E-state index contributed by atoms with van der Waals surface area (Å²) < 4.78 is 5.17. The maximum atomic E-state index is 12.0. The van der Waals surface area contributed by atoms with Gasteiger partial charge < -0.3 is 15.0 Å². The highest BCUT2D eigenvalue weighted by atomic mass is 16.5. The van der Waals surface area contributed by atoms with Gasteiger partial charge in [-0.25, -0.2) is 0 Å². The second-order valence-electron chi connectivity index (χ2n) is 5.62. The van der Waals surface area contributed by atoms with E-state index in [4.69, 9.17) is 4.74 Å². The van der Waals surface area contributed by atoms with Gasteiger partial charge in [0.05, 0.1) is 6.61 Å². The van der Waals surface area contributed by atoms with E-state index in [2.05, 4.69) is 37.9 Å². The van der Waals surface area contributed by atoms with Gasteiger partial charge in [0.1, 0.15) is 6.04 Å². The van der Waals surface area contributed by atoms with Gasteiger partial charge >= 0.3 is 5.97 Å². The highest BCUT2D eigenvalue weighted by Crippen LogP contribution is 2.11. The van der Waals surface area contributed by atoms with E-state index in [0.717, 1.165) is 44.9 Å². The number of nitrogens with one attached hydrogen (secondary N) is 1. The number of nitrogens with zero attached hydrogens (tertiary/aromatic N) is 1. The van der Waals surface area contributed by atoms with Gasteiger partial charge in [0.2, 0.25) is 0 Å². The van der Waals surface area contributed by atoms with Gasteiger partial charge in [0.15, 0.2) is 0 Å². The van der Waals surface area contributed by atoms with Crippen LogP contribution in [0.15, 0.2) is 0 Å². The summed E-state index contributed by atoms with van der Waals surface area (Å²) in [6, 6.07) is -0.166. The average Bonchev–Trinajstić information content (AvgIpc) is 2.50. The average molecular weight is 300 g/mol. The monoisotopic (exact) mass is 300 g/mol. The first-order chi connectivity index (χ1) is 10.1. The maximum Gasteiger partial charge on any atom is 0.323 e. The minimum atomic E-state index is -0.166. The second-order valence-corrected chi connectivity index (χ2v) is 5.62. The van der Waals surface area contributed by atoms with Gasteiger partial charge in [0.25, 0.3) is 0 Å². The second kappa shape index (κ2) is 13.1. The Balaban J connectivity index is 4.36. The minimum absolute atomic E-state index is 0.107. The zero-order valence-corrected chi connectivity index (χ0v) is 14.8. The molecular weight excluding hydrogens is 264 g/mol.